The fourth-order valence-electron chi connectivity index (χ4n) is 1.71. The smallest absolute Gasteiger partial charge is 0.227 e. The Morgan fingerprint density at radius 2 is 1.95 bits per heavy atom. The normalized spacial score (nSPS) is 11.9. The van der Waals surface area contributed by atoms with Crippen LogP contribution >= 0.6 is 0 Å². The topological polar surface area (TPSA) is 66.4 Å². The summed E-state index contributed by atoms with van der Waals surface area (Å²) in [5, 5.41) is 12.2. The zero-order chi connectivity index (χ0) is 14.1. The van der Waals surface area contributed by atoms with Crippen LogP contribution in [0, 0.1) is 0 Å². The summed E-state index contributed by atoms with van der Waals surface area (Å²) < 4.78 is 0. The Labute approximate surface area is 113 Å². The molecule has 1 aromatic carbocycles. The second-order valence-electron chi connectivity index (χ2n) is 4.57. The van der Waals surface area contributed by atoms with Gasteiger partial charge in [0, 0.05) is 12.1 Å². The molecule has 0 aliphatic rings. The zero-order valence-corrected chi connectivity index (χ0v) is 11.3. The van der Waals surface area contributed by atoms with Gasteiger partial charge in [-0.1, -0.05) is 50.1 Å². The maximum atomic E-state index is 11.7. The zero-order valence-electron chi connectivity index (χ0n) is 11.3. The molecule has 4 nitrogen and oxygen atoms in total. The summed E-state index contributed by atoms with van der Waals surface area (Å²) in [7, 11) is 0. The van der Waals surface area contributed by atoms with Crippen LogP contribution in [0.25, 0.3) is 0 Å². The second-order valence-corrected chi connectivity index (χ2v) is 4.57. The van der Waals surface area contributed by atoms with E-state index in [0.717, 1.165) is 12.8 Å². The van der Waals surface area contributed by atoms with E-state index in [-0.39, 0.29) is 24.7 Å². The van der Waals surface area contributed by atoms with Gasteiger partial charge in [-0.05, 0) is 6.42 Å². The van der Waals surface area contributed by atoms with Crippen molar-refractivity contribution in [1.82, 2.24) is 5.32 Å². The highest BCUT2D eigenvalue weighted by molar-refractivity contribution is 6.07. The van der Waals surface area contributed by atoms with E-state index in [4.69, 9.17) is 0 Å². The first-order valence-electron chi connectivity index (χ1n) is 6.66. The van der Waals surface area contributed by atoms with Crippen LogP contribution in [0.1, 0.15) is 43.0 Å². The molecule has 0 spiro atoms. The molecule has 104 valence electrons. The van der Waals surface area contributed by atoms with Gasteiger partial charge in [0.15, 0.2) is 5.78 Å². The molecule has 0 saturated carbocycles. The molecular weight excluding hydrogens is 242 g/mol. The number of carbonyl (C=O) groups excluding carboxylic acids is 2. The Hall–Kier alpha value is -1.68. The van der Waals surface area contributed by atoms with Gasteiger partial charge in [0.1, 0.15) is 0 Å². The Morgan fingerprint density at radius 1 is 1.26 bits per heavy atom. The van der Waals surface area contributed by atoms with Gasteiger partial charge in [0.25, 0.3) is 0 Å². The van der Waals surface area contributed by atoms with Crippen molar-refractivity contribution in [3.8, 4) is 0 Å². The van der Waals surface area contributed by atoms with Crippen molar-refractivity contribution in [2.75, 3.05) is 6.54 Å². The number of Topliss-reactive ketones (excluding diaryl/α,β-unsaturated/α-hetero) is 1. The Bertz CT molecular complexity index is 403. The predicted octanol–water partition coefficient (Wildman–Crippen LogP) is 1.93. The van der Waals surface area contributed by atoms with E-state index in [1.54, 1.807) is 24.3 Å². The fraction of sp³-hybridized carbons (Fsp3) is 0.467. The third-order valence-electron chi connectivity index (χ3n) is 2.84. The van der Waals surface area contributed by atoms with Gasteiger partial charge < -0.3 is 10.4 Å². The van der Waals surface area contributed by atoms with Crippen LogP contribution < -0.4 is 5.32 Å². The summed E-state index contributed by atoms with van der Waals surface area (Å²) >= 11 is 0. The first kappa shape index (κ1) is 15.4. The van der Waals surface area contributed by atoms with Crippen LogP contribution in [0.4, 0.5) is 0 Å². The number of ketones is 1. The van der Waals surface area contributed by atoms with E-state index in [1.165, 1.54) is 0 Å². The second kappa shape index (κ2) is 8.43. The minimum Gasteiger partial charge on any atom is -0.391 e. The van der Waals surface area contributed by atoms with Crippen molar-refractivity contribution in [2.45, 2.75) is 38.7 Å². The van der Waals surface area contributed by atoms with E-state index >= 15 is 0 Å². The highest BCUT2D eigenvalue weighted by Crippen LogP contribution is 2.03. The number of nitrogens with one attached hydrogen (secondary N) is 1. The Balaban J connectivity index is 2.30. The van der Waals surface area contributed by atoms with Crippen molar-refractivity contribution in [2.24, 2.45) is 0 Å². The number of benzene rings is 1. The molecule has 0 aliphatic heterocycles. The van der Waals surface area contributed by atoms with Crippen molar-refractivity contribution in [3.63, 3.8) is 0 Å². The number of hydrogen-bond acceptors (Lipinski definition) is 3. The van der Waals surface area contributed by atoms with Crippen LogP contribution in [0.5, 0.6) is 0 Å². The number of unbranched alkanes of at least 4 members (excludes halogenated alkanes) is 1. The molecule has 0 saturated heterocycles. The summed E-state index contributed by atoms with van der Waals surface area (Å²) in [5.74, 6) is -0.550. The molecule has 2 N–H and O–H groups in total. The van der Waals surface area contributed by atoms with Gasteiger partial charge in [-0.3, -0.25) is 9.59 Å². The van der Waals surface area contributed by atoms with E-state index in [0.29, 0.717) is 12.0 Å². The molecule has 0 aliphatic carbocycles. The number of rotatable bonds is 8. The summed E-state index contributed by atoms with van der Waals surface area (Å²) in [5.41, 5.74) is 0.532. The molecule has 0 bridgehead atoms. The third-order valence-corrected chi connectivity index (χ3v) is 2.84. The summed E-state index contributed by atoms with van der Waals surface area (Å²) in [6.07, 6.45) is 1.90. The molecule has 1 aromatic rings. The van der Waals surface area contributed by atoms with Gasteiger partial charge in [0.05, 0.1) is 12.5 Å². The maximum Gasteiger partial charge on any atom is 0.227 e. The lowest BCUT2D eigenvalue weighted by Crippen LogP contribution is -2.33. The SMILES string of the molecule is CCCCC(O)CNC(=O)CC(=O)c1ccccc1. The number of aliphatic hydroxyl groups is 1. The minimum atomic E-state index is -0.532. The number of carbonyl (C=O) groups is 2. The number of aliphatic hydroxyl groups excluding tert-OH is 1. The monoisotopic (exact) mass is 263 g/mol. The largest absolute Gasteiger partial charge is 0.391 e. The summed E-state index contributed by atoms with van der Waals surface area (Å²) in [6.45, 7) is 2.25. The van der Waals surface area contributed by atoms with Crippen LogP contribution in [-0.2, 0) is 4.79 Å². The summed E-state index contributed by atoms with van der Waals surface area (Å²) in [6, 6.07) is 8.72. The number of amides is 1. The maximum absolute atomic E-state index is 11.7. The first-order valence-corrected chi connectivity index (χ1v) is 6.66. The molecule has 1 rings (SSSR count). The van der Waals surface area contributed by atoms with Crippen molar-refractivity contribution >= 4 is 11.7 Å². The van der Waals surface area contributed by atoms with E-state index in [1.807, 2.05) is 13.0 Å². The fourth-order valence-corrected chi connectivity index (χ4v) is 1.71. The van der Waals surface area contributed by atoms with Crippen molar-refractivity contribution in [3.05, 3.63) is 35.9 Å². The standard InChI is InChI=1S/C15H21NO3/c1-2-3-9-13(17)11-16-15(19)10-14(18)12-7-5-4-6-8-12/h4-8,13,17H,2-3,9-11H2,1H3,(H,16,19). The predicted molar refractivity (Wildman–Crippen MR) is 73.9 cm³/mol. The van der Waals surface area contributed by atoms with Gasteiger partial charge >= 0.3 is 0 Å². The average molecular weight is 263 g/mol. The molecule has 0 fully saturated rings. The third kappa shape index (κ3) is 6.15. The van der Waals surface area contributed by atoms with Gasteiger partial charge in [-0.25, -0.2) is 0 Å². The van der Waals surface area contributed by atoms with Crippen molar-refractivity contribution < 1.29 is 14.7 Å². The molecular formula is C15H21NO3. The van der Waals surface area contributed by atoms with Gasteiger partial charge in [-0.2, -0.15) is 0 Å². The lowest BCUT2D eigenvalue weighted by atomic mass is 10.1. The molecule has 1 amide bonds. The van der Waals surface area contributed by atoms with E-state index < -0.39 is 6.10 Å². The van der Waals surface area contributed by atoms with Crippen LogP contribution in [0.2, 0.25) is 0 Å². The van der Waals surface area contributed by atoms with Gasteiger partial charge in [0.2, 0.25) is 5.91 Å². The molecule has 4 heteroatoms. The minimum absolute atomic E-state index is 0.176. The molecule has 1 unspecified atom stereocenters. The van der Waals surface area contributed by atoms with E-state index in [2.05, 4.69) is 5.32 Å². The van der Waals surface area contributed by atoms with Crippen LogP contribution in [-0.4, -0.2) is 29.4 Å². The molecule has 0 aromatic heterocycles. The first-order chi connectivity index (χ1) is 9.13. The lowest BCUT2D eigenvalue weighted by Gasteiger charge is -2.11. The number of hydrogen-bond donors (Lipinski definition) is 2. The van der Waals surface area contributed by atoms with Crippen LogP contribution in [0.3, 0.4) is 0 Å². The molecule has 1 atom stereocenters. The van der Waals surface area contributed by atoms with Gasteiger partial charge in [-0.15, -0.1) is 0 Å². The molecule has 0 radical (unpaired) electrons. The summed E-state index contributed by atoms with van der Waals surface area (Å²) in [4.78, 5) is 23.3. The van der Waals surface area contributed by atoms with Crippen molar-refractivity contribution in [1.29, 1.82) is 0 Å². The van der Waals surface area contributed by atoms with E-state index in [9.17, 15) is 14.7 Å². The lowest BCUT2D eigenvalue weighted by molar-refractivity contribution is -0.120. The Kier molecular flexibility index (Phi) is 6.82. The van der Waals surface area contributed by atoms with Crippen LogP contribution in [0.15, 0.2) is 30.3 Å². The molecule has 0 heterocycles. The Morgan fingerprint density at radius 3 is 2.58 bits per heavy atom. The highest BCUT2D eigenvalue weighted by Gasteiger charge is 2.12. The quantitative estimate of drug-likeness (QED) is 0.556. The molecule has 19 heavy (non-hydrogen) atoms. The highest BCUT2D eigenvalue weighted by atomic mass is 16.3. The average Bonchev–Trinajstić information content (AvgIpc) is 2.43.